The van der Waals surface area contributed by atoms with Crippen LogP contribution in [0.1, 0.15) is 31.3 Å². The molecule has 0 radical (unpaired) electrons. The first-order valence-corrected chi connectivity index (χ1v) is 8.78. The zero-order valence-corrected chi connectivity index (χ0v) is 15.6. The van der Waals surface area contributed by atoms with E-state index in [1.807, 2.05) is 38.1 Å². The van der Waals surface area contributed by atoms with Crippen LogP contribution in [0.5, 0.6) is 11.5 Å². The van der Waals surface area contributed by atoms with Crippen LogP contribution < -0.4 is 4.74 Å². The highest BCUT2D eigenvalue weighted by Crippen LogP contribution is 2.39. The molecule has 0 atom stereocenters. The van der Waals surface area contributed by atoms with Gasteiger partial charge in [0.25, 0.3) is 0 Å². The van der Waals surface area contributed by atoms with Gasteiger partial charge in [-0.2, -0.15) is 0 Å². The van der Waals surface area contributed by atoms with Gasteiger partial charge in [0.15, 0.2) is 11.4 Å². The molecule has 3 aromatic rings. The van der Waals surface area contributed by atoms with Gasteiger partial charge in [-0.05, 0) is 57.2 Å². The van der Waals surface area contributed by atoms with Gasteiger partial charge in [-0.1, -0.05) is 17.7 Å². The number of aromatic hydroxyl groups is 1. The summed E-state index contributed by atoms with van der Waals surface area (Å²) in [5.41, 5.74) is 1.36. The van der Waals surface area contributed by atoms with Gasteiger partial charge in [0.2, 0.25) is 0 Å². The maximum Gasteiger partial charge on any atom is 0.359 e. The van der Waals surface area contributed by atoms with E-state index in [0.717, 1.165) is 5.75 Å². The predicted octanol–water partition coefficient (Wildman–Crippen LogP) is 4.95. The molecule has 0 bridgehead atoms. The molecule has 1 N–H and O–H groups in total. The quantitative estimate of drug-likeness (QED) is 0.642. The number of ether oxygens (including phenoxy) is 2. The lowest BCUT2D eigenvalue weighted by Gasteiger charge is -2.13. The van der Waals surface area contributed by atoms with Crippen LogP contribution in [0.2, 0.25) is 5.02 Å². The summed E-state index contributed by atoms with van der Waals surface area (Å²) in [5, 5.41) is 11.4. The van der Waals surface area contributed by atoms with Crippen molar-refractivity contribution in [1.82, 2.24) is 4.57 Å². The number of esters is 1. The van der Waals surface area contributed by atoms with E-state index >= 15 is 0 Å². The van der Waals surface area contributed by atoms with E-state index in [1.165, 1.54) is 0 Å². The second kappa shape index (κ2) is 7.30. The predicted molar refractivity (Wildman–Crippen MR) is 102 cm³/mol. The fourth-order valence-corrected chi connectivity index (χ4v) is 3.14. The average Bonchev–Trinajstić information content (AvgIpc) is 2.89. The molecule has 0 aliphatic rings. The Kier molecular flexibility index (Phi) is 5.09. The minimum atomic E-state index is -0.611. The Morgan fingerprint density at radius 1 is 1.19 bits per heavy atom. The lowest BCUT2D eigenvalue weighted by atomic mass is 10.2. The molecule has 136 valence electrons. The fraction of sp³-hybridized carbons (Fsp3) is 0.250. The van der Waals surface area contributed by atoms with E-state index < -0.39 is 5.97 Å². The second-order valence-corrected chi connectivity index (χ2v) is 6.45. The van der Waals surface area contributed by atoms with Gasteiger partial charge in [0.05, 0.1) is 28.6 Å². The Labute approximate surface area is 156 Å². The van der Waals surface area contributed by atoms with E-state index in [2.05, 4.69) is 0 Å². The van der Waals surface area contributed by atoms with E-state index in [4.69, 9.17) is 21.1 Å². The smallest absolute Gasteiger partial charge is 0.359 e. The van der Waals surface area contributed by atoms with Gasteiger partial charge in [-0.15, -0.1) is 0 Å². The van der Waals surface area contributed by atoms with Gasteiger partial charge < -0.3 is 19.1 Å². The van der Waals surface area contributed by atoms with Crippen LogP contribution in [0.25, 0.3) is 16.6 Å². The summed E-state index contributed by atoms with van der Waals surface area (Å²) >= 11 is 6.25. The number of benzene rings is 2. The van der Waals surface area contributed by atoms with Crippen molar-refractivity contribution in [2.24, 2.45) is 0 Å². The van der Waals surface area contributed by atoms with Gasteiger partial charge in [-0.3, -0.25) is 0 Å². The number of fused-ring (bicyclic) bond motifs is 1. The van der Waals surface area contributed by atoms with Crippen molar-refractivity contribution >= 4 is 28.5 Å². The molecule has 1 heterocycles. The number of halogens is 1. The second-order valence-electron chi connectivity index (χ2n) is 6.05. The molecule has 0 saturated heterocycles. The maximum atomic E-state index is 12.5. The molecule has 0 saturated carbocycles. The van der Waals surface area contributed by atoms with Crippen molar-refractivity contribution in [2.45, 2.75) is 26.9 Å². The number of carbonyl (C=O) groups is 1. The average molecular weight is 374 g/mol. The van der Waals surface area contributed by atoms with Crippen LogP contribution in [0.3, 0.4) is 0 Å². The number of hydrogen-bond acceptors (Lipinski definition) is 4. The van der Waals surface area contributed by atoms with Crippen LogP contribution in [-0.4, -0.2) is 28.4 Å². The molecule has 0 aliphatic heterocycles. The Bertz CT molecular complexity index is 945. The Balaban J connectivity index is 2.22. The highest BCUT2D eigenvalue weighted by molar-refractivity contribution is 6.36. The molecule has 2 aromatic carbocycles. The minimum Gasteiger partial charge on any atom is -0.505 e. The SMILES string of the molecule is CCOC(=O)c1c(O)c2c(Cl)cccc2n1-c1ccc(OC(C)C)cc1. The molecule has 0 fully saturated rings. The van der Waals surface area contributed by atoms with Crippen molar-refractivity contribution in [1.29, 1.82) is 0 Å². The van der Waals surface area contributed by atoms with Gasteiger partial charge in [0.1, 0.15) is 5.75 Å². The Morgan fingerprint density at radius 3 is 2.50 bits per heavy atom. The zero-order chi connectivity index (χ0) is 18.8. The van der Waals surface area contributed by atoms with Crippen LogP contribution in [0.15, 0.2) is 42.5 Å². The first-order chi connectivity index (χ1) is 12.4. The number of hydrogen-bond donors (Lipinski definition) is 1. The molecule has 0 unspecified atom stereocenters. The maximum absolute atomic E-state index is 12.5. The lowest BCUT2D eigenvalue weighted by molar-refractivity contribution is 0.0514. The Hall–Kier alpha value is -2.66. The Morgan fingerprint density at radius 2 is 1.88 bits per heavy atom. The molecule has 1 aromatic heterocycles. The number of rotatable bonds is 5. The summed E-state index contributed by atoms with van der Waals surface area (Å²) in [6, 6.07) is 12.5. The molecular formula is C20H20ClNO4. The van der Waals surface area contributed by atoms with E-state index in [0.29, 0.717) is 21.6 Å². The third-order valence-electron chi connectivity index (χ3n) is 3.85. The van der Waals surface area contributed by atoms with Crippen molar-refractivity contribution in [3.63, 3.8) is 0 Å². The molecule has 6 heteroatoms. The molecule has 5 nitrogen and oxygen atoms in total. The minimum absolute atomic E-state index is 0.0486. The number of carbonyl (C=O) groups excluding carboxylic acids is 1. The molecule has 26 heavy (non-hydrogen) atoms. The van der Waals surface area contributed by atoms with Crippen molar-refractivity contribution < 1.29 is 19.4 Å². The largest absolute Gasteiger partial charge is 0.505 e. The van der Waals surface area contributed by atoms with Gasteiger partial charge in [0, 0.05) is 5.69 Å². The van der Waals surface area contributed by atoms with E-state index in [1.54, 1.807) is 29.7 Å². The highest BCUT2D eigenvalue weighted by atomic mass is 35.5. The highest BCUT2D eigenvalue weighted by Gasteiger charge is 2.26. The van der Waals surface area contributed by atoms with Crippen molar-refractivity contribution in [2.75, 3.05) is 6.61 Å². The summed E-state index contributed by atoms with van der Waals surface area (Å²) in [4.78, 5) is 12.5. The third-order valence-corrected chi connectivity index (χ3v) is 4.17. The molecule has 3 rings (SSSR count). The molecule has 0 spiro atoms. The summed E-state index contributed by atoms with van der Waals surface area (Å²) < 4.78 is 12.4. The molecular weight excluding hydrogens is 354 g/mol. The van der Waals surface area contributed by atoms with Crippen molar-refractivity contribution in [3.8, 4) is 17.2 Å². The monoisotopic (exact) mass is 373 g/mol. The third kappa shape index (κ3) is 3.22. The normalized spacial score (nSPS) is 11.1. The van der Waals surface area contributed by atoms with E-state index in [9.17, 15) is 9.90 Å². The summed E-state index contributed by atoms with van der Waals surface area (Å²) in [6.45, 7) is 5.82. The summed E-state index contributed by atoms with van der Waals surface area (Å²) in [5.74, 6) is -0.0773. The zero-order valence-electron chi connectivity index (χ0n) is 14.8. The number of aromatic nitrogens is 1. The van der Waals surface area contributed by atoms with Crippen LogP contribution >= 0.6 is 11.6 Å². The van der Waals surface area contributed by atoms with Crippen molar-refractivity contribution in [3.05, 3.63) is 53.2 Å². The van der Waals surface area contributed by atoms with Gasteiger partial charge in [-0.25, -0.2) is 4.79 Å². The molecule has 0 amide bonds. The fourth-order valence-electron chi connectivity index (χ4n) is 2.88. The van der Waals surface area contributed by atoms with E-state index in [-0.39, 0.29) is 24.2 Å². The summed E-state index contributed by atoms with van der Waals surface area (Å²) in [6.07, 6.45) is 0.0613. The first kappa shape index (κ1) is 18.1. The van der Waals surface area contributed by atoms with Crippen LogP contribution in [0.4, 0.5) is 0 Å². The van der Waals surface area contributed by atoms with Crippen LogP contribution in [-0.2, 0) is 4.74 Å². The summed E-state index contributed by atoms with van der Waals surface area (Å²) in [7, 11) is 0. The van der Waals surface area contributed by atoms with Gasteiger partial charge >= 0.3 is 5.97 Å². The molecule has 0 aliphatic carbocycles. The lowest BCUT2D eigenvalue weighted by Crippen LogP contribution is -2.11. The number of nitrogens with zero attached hydrogens (tertiary/aromatic N) is 1. The first-order valence-electron chi connectivity index (χ1n) is 8.40. The topological polar surface area (TPSA) is 60.7 Å². The standard InChI is InChI=1S/C20H20ClNO4/c1-4-25-20(24)18-19(23)17-15(21)6-5-7-16(17)22(18)13-8-10-14(11-9-13)26-12(2)3/h5-12,23H,4H2,1-3H3. The van der Waals surface area contributed by atoms with Crippen LogP contribution in [0, 0.1) is 0 Å².